The van der Waals surface area contributed by atoms with Crippen molar-refractivity contribution in [3.05, 3.63) is 17.0 Å². The van der Waals surface area contributed by atoms with Crippen molar-refractivity contribution in [2.75, 3.05) is 11.9 Å². The summed E-state index contributed by atoms with van der Waals surface area (Å²) >= 11 is 5.16. The quantitative estimate of drug-likeness (QED) is 0.590. The van der Waals surface area contributed by atoms with Gasteiger partial charge < -0.3 is 10.1 Å². The second-order valence-electron chi connectivity index (χ2n) is 7.79. The largest absolute Gasteiger partial charge is 0.455 e. The fourth-order valence-corrected chi connectivity index (χ4v) is 7.54. The molecule has 4 aliphatic rings. The number of rotatable bonds is 4. The number of esters is 1. The Hall–Kier alpha value is -1.39. The minimum atomic E-state index is -0.422. The van der Waals surface area contributed by atoms with E-state index in [1.807, 2.05) is 6.07 Å². The summed E-state index contributed by atoms with van der Waals surface area (Å²) in [5.74, 6) is 0.551. The molecule has 1 heterocycles. The van der Waals surface area contributed by atoms with Gasteiger partial charge in [0.05, 0.1) is 11.0 Å². The molecule has 4 bridgehead atoms. The summed E-state index contributed by atoms with van der Waals surface area (Å²) < 4.78 is 5.49. The second-order valence-corrected chi connectivity index (χ2v) is 10.4. The topological polar surface area (TPSA) is 79.2 Å². The van der Waals surface area contributed by atoms with E-state index in [0.29, 0.717) is 22.4 Å². The van der Waals surface area contributed by atoms with Crippen LogP contribution < -0.4 is 5.32 Å². The first kappa shape index (κ1) is 17.0. The van der Waals surface area contributed by atoms with E-state index in [1.54, 1.807) is 11.4 Å². The molecule has 0 radical (unpaired) electrons. The fraction of sp³-hybridized carbons (Fsp3) is 0.611. The summed E-state index contributed by atoms with van der Waals surface area (Å²) in [5, 5.41) is 13.9. The van der Waals surface area contributed by atoms with Crippen LogP contribution in [0.2, 0.25) is 0 Å². The number of nitriles is 1. The van der Waals surface area contributed by atoms with Crippen LogP contribution in [0.25, 0.3) is 0 Å². The molecule has 25 heavy (non-hydrogen) atoms. The lowest BCUT2D eigenvalue weighted by Crippen LogP contribution is -2.56. The van der Waals surface area contributed by atoms with Crippen LogP contribution in [0.4, 0.5) is 5.00 Å². The number of ether oxygens (including phenoxy) is 1. The second kappa shape index (κ2) is 6.10. The Labute approximate surface area is 158 Å². The number of nitrogens with one attached hydrogen (secondary N) is 1. The smallest absolute Gasteiger partial charge is 0.312 e. The van der Waals surface area contributed by atoms with E-state index in [-0.39, 0.29) is 16.9 Å². The first-order chi connectivity index (χ1) is 11.9. The normalized spacial score (nSPS) is 35.2. The maximum Gasteiger partial charge on any atom is 0.312 e. The average Bonchev–Trinajstić information content (AvgIpc) is 2.97. The van der Waals surface area contributed by atoms with E-state index in [9.17, 15) is 9.59 Å². The Bertz CT molecular complexity index is 755. The fourth-order valence-electron chi connectivity index (χ4n) is 5.33. The van der Waals surface area contributed by atoms with Gasteiger partial charge in [-0.3, -0.25) is 9.59 Å². The molecule has 2 atom stereocenters. The van der Waals surface area contributed by atoms with E-state index >= 15 is 0 Å². The summed E-state index contributed by atoms with van der Waals surface area (Å²) in [7, 11) is 0. The summed E-state index contributed by atoms with van der Waals surface area (Å²) in [4.78, 5) is 24.9. The van der Waals surface area contributed by atoms with Crippen LogP contribution in [0.5, 0.6) is 0 Å². The molecule has 0 aromatic carbocycles. The molecule has 1 aromatic rings. The zero-order valence-corrected chi connectivity index (χ0v) is 16.1. The van der Waals surface area contributed by atoms with Gasteiger partial charge in [0.2, 0.25) is 0 Å². The van der Waals surface area contributed by atoms with Crippen LogP contribution >= 0.6 is 27.3 Å². The van der Waals surface area contributed by atoms with Crippen molar-refractivity contribution >= 4 is 44.1 Å². The summed E-state index contributed by atoms with van der Waals surface area (Å²) in [6, 6.07) is 3.67. The molecule has 4 fully saturated rings. The van der Waals surface area contributed by atoms with Gasteiger partial charge in [-0.1, -0.05) is 15.9 Å². The number of thiophene rings is 1. The highest BCUT2D eigenvalue weighted by molar-refractivity contribution is 9.10. The number of halogens is 1. The first-order valence-corrected chi connectivity index (χ1v) is 10.2. The van der Waals surface area contributed by atoms with Crippen LogP contribution in [0.3, 0.4) is 0 Å². The highest BCUT2D eigenvalue weighted by atomic mass is 79.9. The van der Waals surface area contributed by atoms with Gasteiger partial charge in [0.15, 0.2) is 6.61 Å². The summed E-state index contributed by atoms with van der Waals surface area (Å²) in [6.45, 7) is -0.298. The zero-order chi connectivity index (χ0) is 17.7. The van der Waals surface area contributed by atoms with Crippen LogP contribution in [-0.4, -0.2) is 22.8 Å². The van der Waals surface area contributed by atoms with Gasteiger partial charge in [-0.15, -0.1) is 11.3 Å². The van der Waals surface area contributed by atoms with E-state index in [4.69, 9.17) is 10.00 Å². The molecule has 4 saturated carbocycles. The lowest BCUT2D eigenvalue weighted by molar-refractivity contribution is -0.170. The van der Waals surface area contributed by atoms with Crippen molar-refractivity contribution in [3.8, 4) is 6.07 Å². The molecule has 1 N–H and O–H groups in total. The maximum absolute atomic E-state index is 12.8. The van der Waals surface area contributed by atoms with Crippen molar-refractivity contribution < 1.29 is 14.3 Å². The molecular weight excluding hydrogens is 404 g/mol. The van der Waals surface area contributed by atoms with E-state index in [0.717, 1.165) is 32.1 Å². The Morgan fingerprint density at radius 1 is 1.36 bits per heavy atom. The van der Waals surface area contributed by atoms with Crippen LogP contribution in [0, 0.1) is 28.6 Å². The van der Waals surface area contributed by atoms with Crippen molar-refractivity contribution in [1.29, 1.82) is 5.26 Å². The number of carbonyl (C=O) groups excluding carboxylic acids is 2. The monoisotopic (exact) mass is 422 g/mol. The SMILES string of the molecule is N#Cc1ccsc1NC(=O)COC(=O)C12CC3CC(CC(Br)(C3)C1)C2. The number of amides is 1. The number of nitrogens with zero attached hydrogens (tertiary/aromatic N) is 1. The molecule has 4 aliphatic carbocycles. The molecule has 5 rings (SSSR count). The van der Waals surface area contributed by atoms with Crippen molar-refractivity contribution in [1.82, 2.24) is 0 Å². The third-order valence-corrected chi connectivity index (χ3v) is 7.55. The van der Waals surface area contributed by atoms with E-state index < -0.39 is 11.3 Å². The third kappa shape index (κ3) is 3.11. The van der Waals surface area contributed by atoms with Gasteiger partial charge in [-0.05, 0) is 61.8 Å². The molecule has 1 amide bonds. The molecule has 5 nitrogen and oxygen atoms in total. The number of hydrogen-bond donors (Lipinski definition) is 1. The van der Waals surface area contributed by atoms with Gasteiger partial charge in [0.25, 0.3) is 5.91 Å². The van der Waals surface area contributed by atoms with Gasteiger partial charge >= 0.3 is 5.97 Å². The molecule has 1 aromatic heterocycles. The molecule has 0 aliphatic heterocycles. The predicted octanol–water partition coefficient (Wildman–Crippen LogP) is 3.84. The highest BCUT2D eigenvalue weighted by Gasteiger charge is 2.60. The Kier molecular flexibility index (Phi) is 4.16. The zero-order valence-electron chi connectivity index (χ0n) is 13.7. The predicted molar refractivity (Wildman–Crippen MR) is 97.4 cm³/mol. The highest BCUT2D eigenvalue weighted by Crippen LogP contribution is 2.64. The molecule has 0 spiro atoms. The van der Waals surface area contributed by atoms with Crippen molar-refractivity contribution in [2.24, 2.45) is 17.3 Å². The van der Waals surface area contributed by atoms with Crippen LogP contribution in [0.1, 0.15) is 44.1 Å². The third-order valence-electron chi connectivity index (χ3n) is 5.80. The Balaban J connectivity index is 1.38. The standard InChI is InChI=1S/C18H19BrN2O3S/c19-18-6-11-3-12(7-18)5-17(4-11,10-18)16(23)24-9-14(22)21-15-13(8-20)1-2-25-15/h1-2,11-12H,3-7,9-10H2,(H,21,22). The molecule has 0 saturated heterocycles. The van der Waals surface area contributed by atoms with Crippen LogP contribution in [0.15, 0.2) is 11.4 Å². The number of carbonyl (C=O) groups is 2. The average molecular weight is 423 g/mol. The minimum Gasteiger partial charge on any atom is -0.455 e. The van der Waals surface area contributed by atoms with E-state index in [1.165, 1.54) is 17.8 Å². The number of anilines is 1. The summed E-state index contributed by atoms with van der Waals surface area (Å²) in [5.41, 5.74) is 0.00113. The maximum atomic E-state index is 12.8. The molecule has 132 valence electrons. The van der Waals surface area contributed by atoms with Gasteiger partial charge in [0.1, 0.15) is 11.1 Å². The van der Waals surface area contributed by atoms with Gasteiger partial charge in [-0.2, -0.15) is 5.26 Å². The number of alkyl halides is 1. The molecular formula is C18H19BrN2O3S. The van der Waals surface area contributed by atoms with Crippen LogP contribution in [-0.2, 0) is 14.3 Å². The lowest BCUT2D eigenvalue weighted by Gasteiger charge is -2.58. The van der Waals surface area contributed by atoms with Crippen molar-refractivity contribution in [3.63, 3.8) is 0 Å². The molecule has 7 heteroatoms. The van der Waals surface area contributed by atoms with Gasteiger partial charge in [0, 0.05) is 4.32 Å². The Morgan fingerprint density at radius 3 is 2.72 bits per heavy atom. The summed E-state index contributed by atoms with van der Waals surface area (Å²) in [6.07, 6.45) is 6.11. The number of hydrogen-bond acceptors (Lipinski definition) is 5. The van der Waals surface area contributed by atoms with Crippen molar-refractivity contribution in [2.45, 2.75) is 42.8 Å². The first-order valence-electron chi connectivity index (χ1n) is 8.55. The minimum absolute atomic E-state index is 0.0804. The lowest BCUT2D eigenvalue weighted by atomic mass is 9.49. The van der Waals surface area contributed by atoms with Gasteiger partial charge in [-0.25, -0.2) is 0 Å². The molecule has 2 unspecified atom stereocenters. The van der Waals surface area contributed by atoms with E-state index in [2.05, 4.69) is 21.2 Å². The Morgan fingerprint density at radius 2 is 2.08 bits per heavy atom.